The Morgan fingerprint density at radius 2 is 2.04 bits per heavy atom. The number of carbonyl (C=O) groups is 2. The summed E-state index contributed by atoms with van der Waals surface area (Å²) < 4.78 is 0. The van der Waals surface area contributed by atoms with E-state index in [4.69, 9.17) is 0 Å². The minimum Gasteiger partial charge on any atom is -0.336 e. The van der Waals surface area contributed by atoms with Gasteiger partial charge in [0, 0.05) is 38.4 Å². The number of piperazine rings is 1. The number of nitrogens with one attached hydrogen (secondary N) is 1. The van der Waals surface area contributed by atoms with E-state index in [1.54, 1.807) is 6.20 Å². The van der Waals surface area contributed by atoms with Crippen molar-refractivity contribution in [2.24, 2.45) is 0 Å². The highest BCUT2D eigenvalue weighted by atomic mass is 16.2. The molecule has 1 atom stereocenters. The van der Waals surface area contributed by atoms with Gasteiger partial charge in [-0.05, 0) is 25.0 Å². The molecule has 3 heterocycles. The van der Waals surface area contributed by atoms with E-state index in [0.29, 0.717) is 26.2 Å². The Labute approximate surface area is 148 Å². The smallest absolute Gasteiger partial charge is 0.326 e. The van der Waals surface area contributed by atoms with Gasteiger partial charge in [-0.3, -0.25) is 4.90 Å². The molecule has 7 heteroatoms. The SMILES string of the molecule is O=C(N1CCN2C(=O)NC[C@H]2C1)N(c1ccccn1)C1CCCCC1. The number of amides is 4. The standard InChI is InChI=1S/C18H25N5O2/c24-17-20-12-15-13-21(10-11-22(15)17)18(25)23(14-6-2-1-3-7-14)16-8-4-5-9-19-16/h4-5,8-9,14-15H,1-3,6-7,10-13H2,(H,20,24)/t15-/m0/s1. The number of rotatable bonds is 2. The molecule has 7 nitrogen and oxygen atoms in total. The highest BCUT2D eigenvalue weighted by Gasteiger charge is 2.39. The van der Waals surface area contributed by atoms with Crippen LogP contribution in [0, 0.1) is 0 Å². The Kier molecular flexibility index (Phi) is 4.46. The van der Waals surface area contributed by atoms with Gasteiger partial charge in [0.15, 0.2) is 0 Å². The molecular weight excluding hydrogens is 318 g/mol. The number of hydrogen-bond acceptors (Lipinski definition) is 3. The first-order valence-electron chi connectivity index (χ1n) is 9.27. The molecule has 2 aliphatic heterocycles. The van der Waals surface area contributed by atoms with Crippen molar-refractivity contribution in [1.29, 1.82) is 0 Å². The highest BCUT2D eigenvalue weighted by Crippen LogP contribution is 2.28. The summed E-state index contributed by atoms with van der Waals surface area (Å²) in [5.74, 6) is 0.738. The van der Waals surface area contributed by atoms with E-state index in [-0.39, 0.29) is 24.1 Å². The zero-order chi connectivity index (χ0) is 17.2. The molecule has 1 N–H and O–H groups in total. The molecule has 4 rings (SSSR count). The van der Waals surface area contributed by atoms with Crippen molar-refractivity contribution in [1.82, 2.24) is 20.1 Å². The maximum absolute atomic E-state index is 13.4. The molecule has 3 aliphatic rings. The van der Waals surface area contributed by atoms with Crippen LogP contribution in [-0.2, 0) is 0 Å². The summed E-state index contributed by atoms with van der Waals surface area (Å²) in [6, 6.07) is 6.06. The van der Waals surface area contributed by atoms with E-state index in [1.165, 1.54) is 6.42 Å². The van der Waals surface area contributed by atoms with Gasteiger partial charge in [-0.25, -0.2) is 14.6 Å². The van der Waals surface area contributed by atoms with Crippen molar-refractivity contribution in [3.05, 3.63) is 24.4 Å². The molecule has 134 valence electrons. The number of urea groups is 2. The zero-order valence-electron chi connectivity index (χ0n) is 14.4. The van der Waals surface area contributed by atoms with Gasteiger partial charge in [0.25, 0.3) is 0 Å². The fourth-order valence-electron chi connectivity index (χ4n) is 4.21. The molecule has 25 heavy (non-hydrogen) atoms. The normalized spacial score (nSPS) is 24.0. The van der Waals surface area contributed by atoms with Crippen LogP contribution in [0.5, 0.6) is 0 Å². The largest absolute Gasteiger partial charge is 0.336 e. The average Bonchev–Trinajstić information content (AvgIpc) is 3.04. The van der Waals surface area contributed by atoms with E-state index in [9.17, 15) is 9.59 Å². The second-order valence-electron chi connectivity index (χ2n) is 7.11. The van der Waals surface area contributed by atoms with Gasteiger partial charge >= 0.3 is 12.1 Å². The predicted molar refractivity (Wildman–Crippen MR) is 94.5 cm³/mol. The summed E-state index contributed by atoms with van der Waals surface area (Å²) in [4.78, 5) is 35.2. The van der Waals surface area contributed by atoms with Crippen LogP contribution in [0.3, 0.4) is 0 Å². The lowest BCUT2D eigenvalue weighted by molar-refractivity contribution is 0.131. The molecule has 3 fully saturated rings. The average molecular weight is 343 g/mol. The molecule has 0 spiro atoms. The molecule has 4 amide bonds. The first-order valence-corrected chi connectivity index (χ1v) is 9.27. The highest BCUT2D eigenvalue weighted by molar-refractivity contribution is 5.92. The number of aromatic nitrogens is 1. The van der Waals surface area contributed by atoms with E-state index in [1.807, 2.05) is 32.9 Å². The van der Waals surface area contributed by atoms with Crippen molar-refractivity contribution >= 4 is 17.9 Å². The third kappa shape index (κ3) is 3.15. The Morgan fingerprint density at radius 1 is 1.20 bits per heavy atom. The lowest BCUT2D eigenvalue weighted by atomic mass is 9.94. The fourth-order valence-corrected chi connectivity index (χ4v) is 4.21. The first-order chi connectivity index (χ1) is 12.2. The van der Waals surface area contributed by atoms with Crippen molar-refractivity contribution in [3.8, 4) is 0 Å². The van der Waals surface area contributed by atoms with Crippen LogP contribution in [0.4, 0.5) is 15.4 Å². The second-order valence-corrected chi connectivity index (χ2v) is 7.11. The number of anilines is 1. The molecule has 1 saturated carbocycles. The third-order valence-corrected chi connectivity index (χ3v) is 5.55. The second kappa shape index (κ2) is 6.90. The van der Waals surface area contributed by atoms with Crippen LogP contribution in [0.1, 0.15) is 32.1 Å². The van der Waals surface area contributed by atoms with Crippen LogP contribution < -0.4 is 10.2 Å². The molecular formula is C18H25N5O2. The first kappa shape index (κ1) is 16.2. The van der Waals surface area contributed by atoms with Crippen LogP contribution in [0.15, 0.2) is 24.4 Å². The lowest BCUT2D eigenvalue weighted by Crippen LogP contribution is -2.58. The van der Waals surface area contributed by atoms with Gasteiger partial charge in [0.05, 0.1) is 6.04 Å². The fraction of sp³-hybridized carbons (Fsp3) is 0.611. The van der Waals surface area contributed by atoms with Crippen LogP contribution in [-0.4, -0.2) is 65.1 Å². The quantitative estimate of drug-likeness (QED) is 0.893. The maximum atomic E-state index is 13.4. The molecule has 0 aromatic carbocycles. The van der Waals surface area contributed by atoms with E-state index in [2.05, 4.69) is 10.3 Å². The van der Waals surface area contributed by atoms with Crippen LogP contribution >= 0.6 is 0 Å². The summed E-state index contributed by atoms with van der Waals surface area (Å²) in [6.07, 6.45) is 7.38. The summed E-state index contributed by atoms with van der Waals surface area (Å²) in [5, 5.41) is 2.87. The summed E-state index contributed by atoms with van der Waals surface area (Å²) >= 11 is 0. The molecule has 1 aromatic rings. The number of carbonyl (C=O) groups excluding carboxylic acids is 2. The zero-order valence-corrected chi connectivity index (χ0v) is 14.4. The monoisotopic (exact) mass is 343 g/mol. The Morgan fingerprint density at radius 3 is 2.80 bits per heavy atom. The van der Waals surface area contributed by atoms with Gasteiger partial charge in [-0.1, -0.05) is 25.3 Å². The minimum atomic E-state index is -0.00837. The third-order valence-electron chi connectivity index (χ3n) is 5.55. The van der Waals surface area contributed by atoms with Crippen molar-refractivity contribution in [3.63, 3.8) is 0 Å². The Balaban J connectivity index is 1.54. The predicted octanol–water partition coefficient (Wildman–Crippen LogP) is 2.05. The van der Waals surface area contributed by atoms with E-state index in [0.717, 1.165) is 31.5 Å². The molecule has 1 aliphatic carbocycles. The van der Waals surface area contributed by atoms with E-state index < -0.39 is 0 Å². The topological polar surface area (TPSA) is 68.8 Å². The summed E-state index contributed by atoms with van der Waals surface area (Å²) in [7, 11) is 0. The molecule has 0 radical (unpaired) electrons. The van der Waals surface area contributed by atoms with Crippen LogP contribution in [0.25, 0.3) is 0 Å². The Hall–Kier alpha value is -2.31. The minimum absolute atomic E-state index is 0.00837. The van der Waals surface area contributed by atoms with Gasteiger partial charge < -0.3 is 15.1 Å². The number of nitrogens with zero attached hydrogens (tertiary/aromatic N) is 4. The number of pyridine rings is 1. The van der Waals surface area contributed by atoms with Crippen molar-refractivity contribution in [2.45, 2.75) is 44.2 Å². The molecule has 2 saturated heterocycles. The van der Waals surface area contributed by atoms with Gasteiger partial charge in [0.1, 0.15) is 5.82 Å². The van der Waals surface area contributed by atoms with Crippen molar-refractivity contribution in [2.75, 3.05) is 31.1 Å². The Bertz CT molecular complexity index is 632. The van der Waals surface area contributed by atoms with Crippen LogP contribution in [0.2, 0.25) is 0 Å². The van der Waals surface area contributed by atoms with Gasteiger partial charge in [-0.2, -0.15) is 0 Å². The summed E-state index contributed by atoms with van der Waals surface area (Å²) in [6.45, 7) is 2.39. The number of hydrogen-bond donors (Lipinski definition) is 1. The van der Waals surface area contributed by atoms with E-state index >= 15 is 0 Å². The van der Waals surface area contributed by atoms with Crippen molar-refractivity contribution < 1.29 is 9.59 Å². The summed E-state index contributed by atoms with van der Waals surface area (Å²) in [5.41, 5.74) is 0. The molecule has 0 bridgehead atoms. The van der Waals surface area contributed by atoms with Gasteiger partial charge in [0.2, 0.25) is 0 Å². The lowest BCUT2D eigenvalue weighted by Gasteiger charge is -2.41. The molecule has 1 aromatic heterocycles. The maximum Gasteiger partial charge on any atom is 0.326 e. The molecule has 0 unspecified atom stereocenters. The number of fused-ring (bicyclic) bond motifs is 1. The van der Waals surface area contributed by atoms with Gasteiger partial charge in [-0.15, -0.1) is 0 Å².